The molecule has 1 N–H and O–H groups in total. The van der Waals surface area contributed by atoms with Crippen molar-refractivity contribution in [1.29, 1.82) is 0 Å². The molecule has 0 bridgehead atoms. The van der Waals surface area contributed by atoms with Gasteiger partial charge in [-0.2, -0.15) is 0 Å². The van der Waals surface area contributed by atoms with Crippen molar-refractivity contribution in [1.82, 2.24) is 30.1 Å². The minimum Gasteiger partial charge on any atom is -0.494 e. The highest BCUT2D eigenvalue weighted by Crippen LogP contribution is 2.31. The van der Waals surface area contributed by atoms with E-state index in [1.165, 1.54) is 5.56 Å². The minimum atomic E-state index is -0.513. The van der Waals surface area contributed by atoms with Crippen molar-refractivity contribution >= 4 is 10.9 Å². The Kier molecular flexibility index (Phi) is 9.20. The summed E-state index contributed by atoms with van der Waals surface area (Å²) in [6.07, 6.45) is 2.95. The van der Waals surface area contributed by atoms with E-state index >= 15 is 0 Å². The Hall–Kier alpha value is -3.60. The average molecular weight is 547 g/mol. The summed E-state index contributed by atoms with van der Waals surface area (Å²) in [5.74, 6) is 1.42. The van der Waals surface area contributed by atoms with Gasteiger partial charge in [0.15, 0.2) is 5.82 Å². The van der Waals surface area contributed by atoms with Crippen molar-refractivity contribution in [2.45, 2.75) is 58.3 Å². The number of nitrogens with zero attached hydrogens (tertiary/aromatic N) is 5. The van der Waals surface area contributed by atoms with Gasteiger partial charge in [-0.05, 0) is 83.5 Å². The molecule has 2 aromatic carbocycles. The Morgan fingerprint density at radius 1 is 1.15 bits per heavy atom. The van der Waals surface area contributed by atoms with Crippen LogP contribution in [0, 0.1) is 0 Å². The van der Waals surface area contributed by atoms with Gasteiger partial charge in [-0.25, -0.2) is 4.68 Å². The topological polar surface area (TPSA) is 107 Å². The molecule has 0 spiro atoms. The number of aromatic nitrogens is 5. The number of tetrazole rings is 1. The van der Waals surface area contributed by atoms with Crippen LogP contribution in [0.15, 0.2) is 53.3 Å². The number of fused-ring (bicyclic) bond motifs is 1. The summed E-state index contributed by atoms with van der Waals surface area (Å²) in [4.78, 5) is 19.1. The maximum atomic E-state index is 13.7. The number of methoxy groups -OCH3 is 1. The van der Waals surface area contributed by atoms with Gasteiger partial charge in [-0.3, -0.25) is 9.69 Å². The molecule has 0 saturated carbocycles. The van der Waals surface area contributed by atoms with E-state index in [4.69, 9.17) is 14.2 Å². The lowest BCUT2D eigenvalue weighted by molar-refractivity contribution is 0.0569. The first-order valence-electron chi connectivity index (χ1n) is 14.1. The monoisotopic (exact) mass is 546 g/mol. The molecule has 1 fully saturated rings. The summed E-state index contributed by atoms with van der Waals surface area (Å²) in [6.45, 7) is 7.57. The van der Waals surface area contributed by atoms with Crippen LogP contribution in [0.3, 0.4) is 0 Å². The van der Waals surface area contributed by atoms with Gasteiger partial charge in [0.2, 0.25) is 0 Å². The fraction of sp³-hybridized carbons (Fsp3) is 0.467. The van der Waals surface area contributed by atoms with Crippen LogP contribution in [0.5, 0.6) is 5.75 Å². The van der Waals surface area contributed by atoms with Crippen LogP contribution < -0.4 is 10.3 Å². The van der Waals surface area contributed by atoms with Crippen molar-refractivity contribution in [3.63, 3.8) is 0 Å². The lowest BCUT2D eigenvalue weighted by atomic mass is 10.0. The van der Waals surface area contributed by atoms with Gasteiger partial charge in [0, 0.05) is 37.9 Å². The van der Waals surface area contributed by atoms with Gasteiger partial charge < -0.3 is 19.2 Å². The zero-order valence-electron chi connectivity index (χ0n) is 23.5. The third-order valence-corrected chi connectivity index (χ3v) is 7.40. The Labute approximate surface area is 234 Å². The molecule has 1 aliphatic rings. The van der Waals surface area contributed by atoms with Crippen LogP contribution in [0.4, 0.5) is 0 Å². The molecule has 0 amide bonds. The Morgan fingerprint density at radius 2 is 1.98 bits per heavy atom. The number of pyridine rings is 1. The number of hydrogen-bond acceptors (Lipinski definition) is 8. The van der Waals surface area contributed by atoms with Crippen LogP contribution in [-0.2, 0) is 29.0 Å². The van der Waals surface area contributed by atoms with Gasteiger partial charge in [-0.1, -0.05) is 25.1 Å². The fourth-order valence-corrected chi connectivity index (χ4v) is 5.34. The lowest BCUT2D eigenvalue weighted by Crippen LogP contribution is -2.39. The Balaban J connectivity index is 1.62. The molecule has 0 aliphatic carbocycles. The predicted molar refractivity (Wildman–Crippen MR) is 152 cm³/mol. The average Bonchev–Trinajstić information content (AvgIpc) is 3.66. The largest absolute Gasteiger partial charge is 0.494 e. The summed E-state index contributed by atoms with van der Waals surface area (Å²) in [5, 5.41) is 13.7. The lowest BCUT2D eigenvalue weighted by Gasteiger charge is -2.32. The van der Waals surface area contributed by atoms with Crippen molar-refractivity contribution in [2.75, 3.05) is 33.5 Å². The van der Waals surface area contributed by atoms with E-state index in [0.717, 1.165) is 48.1 Å². The Morgan fingerprint density at radius 3 is 2.70 bits per heavy atom. The second-order valence-corrected chi connectivity index (χ2v) is 10.1. The molecular formula is C30H38N6O4. The van der Waals surface area contributed by atoms with E-state index in [2.05, 4.69) is 56.6 Å². The number of rotatable bonds is 13. The van der Waals surface area contributed by atoms with Crippen molar-refractivity contribution < 1.29 is 14.2 Å². The molecule has 2 aromatic heterocycles. The van der Waals surface area contributed by atoms with Gasteiger partial charge in [0.1, 0.15) is 11.8 Å². The van der Waals surface area contributed by atoms with E-state index in [0.29, 0.717) is 44.2 Å². The molecular weight excluding hydrogens is 508 g/mol. The molecule has 5 rings (SSSR count). The first kappa shape index (κ1) is 27.9. The zero-order chi connectivity index (χ0) is 27.9. The SMILES string of the molecule is CCOc1ccc(CN(CC2CCCO2)C(c2cc3cc(CC)ccc3[nH]c2=O)c2nnnn2CCOC)cc1. The van der Waals surface area contributed by atoms with Crippen molar-refractivity contribution in [3.05, 3.63) is 81.4 Å². The standard InChI is InChI=1S/C30H38N6O4/c1-4-21-10-13-27-23(17-21)18-26(30(37)31-27)28(29-32-33-34-36(29)14-16-38-3)35(20-25-7-6-15-40-25)19-22-8-11-24(12-9-22)39-5-2/h8-13,17-18,25,28H,4-7,14-16,19-20H2,1-3H3,(H,31,37). The first-order valence-corrected chi connectivity index (χ1v) is 14.1. The number of hydrogen-bond donors (Lipinski definition) is 1. The molecule has 212 valence electrons. The summed E-state index contributed by atoms with van der Waals surface area (Å²) in [6, 6.07) is 15.7. The van der Waals surface area contributed by atoms with E-state index in [-0.39, 0.29) is 11.7 Å². The first-order chi connectivity index (χ1) is 19.6. The highest BCUT2D eigenvalue weighted by Gasteiger charge is 2.33. The highest BCUT2D eigenvalue weighted by atomic mass is 16.5. The molecule has 2 atom stereocenters. The Bertz CT molecular complexity index is 1440. The maximum absolute atomic E-state index is 13.7. The predicted octanol–water partition coefficient (Wildman–Crippen LogP) is 3.89. The third-order valence-electron chi connectivity index (χ3n) is 7.40. The fourth-order valence-electron chi connectivity index (χ4n) is 5.34. The molecule has 3 heterocycles. The van der Waals surface area contributed by atoms with Gasteiger partial charge in [0.25, 0.3) is 5.56 Å². The highest BCUT2D eigenvalue weighted by molar-refractivity contribution is 5.80. The smallest absolute Gasteiger partial charge is 0.253 e. The molecule has 0 radical (unpaired) electrons. The summed E-state index contributed by atoms with van der Waals surface area (Å²) >= 11 is 0. The van der Waals surface area contributed by atoms with Crippen LogP contribution in [-0.4, -0.2) is 69.7 Å². The van der Waals surface area contributed by atoms with Crippen LogP contribution in [0.2, 0.25) is 0 Å². The third kappa shape index (κ3) is 6.41. The van der Waals surface area contributed by atoms with E-state index in [1.807, 2.05) is 31.2 Å². The number of H-pyrrole nitrogens is 1. The van der Waals surface area contributed by atoms with Crippen LogP contribution in [0.25, 0.3) is 10.9 Å². The van der Waals surface area contributed by atoms with Crippen molar-refractivity contribution in [3.8, 4) is 5.75 Å². The van der Waals surface area contributed by atoms with Crippen LogP contribution >= 0.6 is 0 Å². The molecule has 10 heteroatoms. The molecule has 4 aromatic rings. The minimum absolute atomic E-state index is 0.0553. The number of ether oxygens (including phenoxy) is 3. The molecule has 1 saturated heterocycles. The zero-order valence-corrected chi connectivity index (χ0v) is 23.5. The molecule has 40 heavy (non-hydrogen) atoms. The van der Waals surface area contributed by atoms with Gasteiger partial charge in [-0.15, -0.1) is 5.10 Å². The second-order valence-electron chi connectivity index (χ2n) is 10.1. The normalized spacial score (nSPS) is 16.1. The quantitative estimate of drug-likeness (QED) is 0.269. The molecule has 1 aliphatic heterocycles. The summed E-state index contributed by atoms with van der Waals surface area (Å²) in [7, 11) is 1.65. The van der Waals surface area contributed by atoms with E-state index < -0.39 is 6.04 Å². The second kappa shape index (κ2) is 13.2. The number of aryl methyl sites for hydroxylation is 1. The summed E-state index contributed by atoms with van der Waals surface area (Å²) in [5.41, 5.74) is 3.54. The summed E-state index contributed by atoms with van der Waals surface area (Å²) < 4.78 is 18.8. The van der Waals surface area contributed by atoms with Crippen LogP contribution in [0.1, 0.15) is 55.2 Å². The molecule has 2 unspecified atom stereocenters. The van der Waals surface area contributed by atoms with E-state index in [1.54, 1.807) is 11.8 Å². The van der Waals surface area contributed by atoms with Gasteiger partial charge >= 0.3 is 0 Å². The maximum Gasteiger partial charge on any atom is 0.253 e. The number of benzene rings is 2. The number of aromatic amines is 1. The van der Waals surface area contributed by atoms with Gasteiger partial charge in [0.05, 0.1) is 25.9 Å². The molecule has 10 nitrogen and oxygen atoms in total. The van der Waals surface area contributed by atoms with Crippen molar-refractivity contribution in [2.24, 2.45) is 0 Å². The van der Waals surface area contributed by atoms with E-state index in [9.17, 15) is 4.79 Å². The number of nitrogens with one attached hydrogen (secondary N) is 1.